The second-order valence-corrected chi connectivity index (χ2v) is 6.46. The largest absolute Gasteiger partial charge is 0.385 e. The summed E-state index contributed by atoms with van der Waals surface area (Å²) in [5.74, 6) is 1.70. The first-order valence-electron chi connectivity index (χ1n) is 6.75. The Hall–Kier alpha value is -0.220. The molecule has 19 heavy (non-hydrogen) atoms. The third kappa shape index (κ3) is 6.66. The summed E-state index contributed by atoms with van der Waals surface area (Å²) in [7, 11) is 1.74. The number of thioether (sulfide) groups is 1. The summed E-state index contributed by atoms with van der Waals surface area (Å²) in [4.78, 5) is 1.21. The van der Waals surface area contributed by atoms with E-state index in [9.17, 15) is 0 Å². The fraction of sp³-hybridized carbons (Fsp3) is 0.600. The van der Waals surface area contributed by atoms with E-state index in [2.05, 4.69) is 25.2 Å². The lowest BCUT2D eigenvalue weighted by molar-refractivity contribution is 0.200. The van der Waals surface area contributed by atoms with Crippen LogP contribution in [0.25, 0.3) is 0 Å². The number of nitrogens with one attached hydrogen (secondary N) is 1. The Morgan fingerprint density at radius 2 is 2.16 bits per heavy atom. The van der Waals surface area contributed by atoms with Crippen molar-refractivity contribution in [2.24, 2.45) is 5.92 Å². The zero-order valence-corrected chi connectivity index (χ0v) is 13.6. The van der Waals surface area contributed by atoms with Crippen LogP contribution < -0.4 is 5.32 Å². The van der Waals surface area contributed by atoms with E-state index < -0.39 is 0 Å². The lowest BCUT2D eigenvalue weighted by Gasteiger charge is -2.13. The van der Waals surface area contributed by atoms with Gasteiger partial charge < -0.3 is 10.1 Å². The van der Waals surface area contributed by atoms with Gasteiger partial charge in [-0.15, -0.1) is 11.8 Å². The van der Waals surface area contributed by atoms with Crippen LogP contribution in [0, 0.1) is 5.92 Å². The summed E-state index contributed by atoms with van der Waals surface area (Å²) in [6, 6.07) is 6.14. The highest BCUT2D eigenvalue weighted by atomic mass is 35.5. The number of benzene rings is 1. The topological polar surface area (TPSA) is 21.3 Å². The van der Waals surface area contributed by atoms with Crippen LogP contribution in [0.2, 0.25) is 5.02 Å². The Kier molecular flexibility index (Phi) is 8.55. The Balaban J connectivity index is 2.56. The lowest BCUT2D eigenvalue weighted by atomic mass is 10.2. The molecular weight excluding hydrogens is 278 g/mol. The van der Waals surface area contributed by atoms with Crippen LogP contribution >= 0.6 is 23.4 Å². The minimum absolute atomic E-state index is 0.664. The molecule has 108 valence electrons. The van der Waals surface area contributed by atoms with Crippen molar-refractivity contribution in [2.45, 2.75) is 31.7 Å². The summed E-state index contributed by atoms with van der Waals surface area (Å²) >= 11 is 8.12. The molecule has 0 heterocycles. The van der Waals surface area contributed by atoms with Crippen LogP contribution in [0.4, 0.5) is 0 Å². The molecule has 0 fully saturated rings. The summed E-state index contributed by atoms with van der Waals surface area (Å²) < 4.78 is 5.07. The Bertz CT molecular complexity index is 371. The van der Waals surface area contributed by atoms with E-state index >= 15 is 0 Å². The van der Waals surface area contributed by atoms with E-state index in [1.807, 2.05) is 23.9 Å². The Morgan fingerprint density at radius 3 is 2.84 bits per heavy atom. The first kappa shape index (κ1) is 16.8. The van der Waals surface area contributed by atoms with Gasteiger partial charge in [0.15, 0.2) is 0 Å². The Morgan fingerprint density at radius 1 is 1.37 bits per heavy atom. The van der Waals surface area contributed by atoms with Gasteiger partial charge in [-0.2, -0.15) is 0 Å². The molecule has 0 saturated heterocycles. The van der Waals surface area contributed by atoms with E-state index in [4.69, 9.17) is 16.3 Å². The maximum absolute atomic E-state index is 6.30. The first-order chi connectivity index (χ1) is 9.15. The molecule has 2 nitrogen and oxygen atoms in total. The normalized spacial score (nSPS) is 11.2. The van der Waals surface area contributed by atoms with E-state index in [-0.39, 0.29) is 0 Å². The average molecular weight is 302 g/mol. The molecule has 0 aliphatic rings. The average Bonchev–Trinajstić information content (AvgIpc) is 2.36. The monoisotopic (exact) mass is 301 g/mol. The summed E-state index contributed by atoms with van der Waals surface area (Å²) in [6.45, 7) is 7.14. The first-order valence-corrected chi connectivity index (χ1v) is 8.11. The van der Waals surface area contributed by atoms with Crippen molar-refractivity contribution in [1.82, 2.24) is 5.32 Å². The van der Waals surface area contributed by atoms with Crippen LogP contribution in [-0.4, -0.2) is 26.0 Å². The third-order valence-electron chi connectivity index (χ3n) is 2.66. The molecule has 0 spiro atoms. The smallest absolute Gasteiger partial charge is 0.0545 e. The molecule has 1 rings (SSSR count). The molecule has 1 aromatic rings. The second-order valence-electron chi connectivity index (χ2n) is 4.95. The minimum Gasteiger partial charge on any atom is -0.385 e. The third-order valence-corrected chi connectivity index (χ3v) is 4.35. The number of hydrogen-bond donors (Lipinski definition) is 1. The van der Waals surface area contributed by atoms with Gasteiger partial charge in [0.1, 0.15) is 0 Å². The van der Waals surface area contributed by atoms with E-state index in [1.54, 1.807) is 7.11 Å². The lowest BCUT2D eigenvalue weighted by Crippen LogP contribution is -2.19. The van der Waals surface area contributed by atoms with Crippen molar-refractivity contribution >= 4 is 23.4 Å². The van der Waals surface area contributed by atoms with Gasteiger partial charge in [-0.25, -0.2) is 0 Å². The molecule has 0 atom stereocenters. The maximum Gasteiger partial charge on any atom is 0.0545 e. The Labute approximate surface area is 126 Å². The van der Waals surface area contributed by atoms with Crippen LogP contribution in [0.15, 0.2) is 23.1 Å². The second kappa shape index (κ2) is 9.65. The molecule has 0 saturated carbocycles. The van der Waals surface area contributed by atoms with Crippen molar-refractivity contribution in [3.05, 3.63) is 28.8 Å². The van der Waals surface area contributed by atoms with E-state index in [1.165, 1.54) is 10.5 Å². The molecule has 0 radical (unpaired) electrons. The molecule has 1 aromatic carbocycles. The predicted molar refractivity (Wildman–Crippen MR) is 85.2 cm³/mol. The molecule has 4 heteroatoms. The highest BCUT2D eigenvalue weighted by Gasteiger charge is 2.07. The van der Waals surface area contributed by atoms with Gasteiger partial charge in [-0.1, -0.05) is 37.6 Å². The van der Waals surface area contributed by atoms with E-state index in [0.717, 1.165) is 36.9 Å². The van der Waals surface area contributed by atoms with Gasteiger partial charge in [-0.05, 0) is 30.5 Å². The zero-order chi connectivity index (χ0) is 14.1. The minimum atomic E-state index is 0.664. The van der Waals surface area contributed by atoms with Crippen LogP contribution in [0.5, 0.6) is 0 Å². The van der Waals surface area contributed by atoms with E-state index in [0.29, 0.717) is 5.92 Å². The van der Waals surface area contributed by atoms with Gasteiger partial charge in [-0.3, -0.25) is 0 Å². The zero-order valence-electron chi connectivity index (χ0n) is 12.0. The van der Waals surface area contributed by atoms with Gasteiger partial charge in [0.2, 0.25) is 0 Å². The molecule has 0 aliphatic carbocycles. The highest BCUT2D eigenvalue weighted by molar-refractivity contribution is 7.99. The number of halogens is 1. The predicted octanol–water partition coefficient (Wildman–Crippen LogP) is 4.21. The van der Waals surface area contributed by atoms with Crippen molar-refractivity contribution in [3.8, 4) is 0 Å². The summed E-state index contributed by atoms with van der Waals surface area (Å²) in [5, 5.41) is 4.33. The number of rotatable bonds is 9. The SMILES string of the molecule is COCCCSc1c(Cl)cccc1CNCC(C)C. The fourth-order valence-electron chi connectivity index (χ4n) is 1.73. The molecule has 0 aromatic heterocycles. The molecular formula is C15H24ClNOS. The van der Waals surface area contributed by atoms with Crippen LogP contribution in [-0.2, 0) is 11.3 Å². The van der Waals surface area contributed by atoms with Crippen molar-refractivity contribution in [2.75, 3.05) is 26.0 Å². The van der Waals surface area contributed by atoms with Gasteiger partial charge >= 0.3 is 0 Å². The summed E-state index contributed by atoms with van der Waals surface area (Å²) in [6.07, 6.45) is 1.05. The summed E-state index contributed by atoms with van der Waals surface area (Å²) in [5.41, 5.74) is 1.29. The fourth-order valence-corrected chi connectivity index (χ4v) is 3.08. The number of methoxy groups -OCH3 is 1. The van der Waals surface area contributed by atoms with Crippen LogP contribution in [0.3, 0.4) is 0 Å². The van der Waals surface area contributed by atoms with Crippen molar-refractivity contribution < 1.29 is 4.74 Å². The number of ether oxygens (including phenoxy) is 1. The maximum atomic E-state index is 6.30. The quantitative estimate of drug-likeness (QED) is 0.545. The van der Waals surface area contributed by atoms with Crippen LogP contribution in [0.1, 0.15) is 25.8 Å². The van der Waals surface area contributed by atoms with Gasteiger partial charge in [0.05, 0.1) is 5.02 Å². The van der Waals surface area contributed by atoms with Gasteiger partial charge in [0, 0.05) is 30.9 Å². The molecule has 0 unspecified atom stereocenters. The molecule has 0 bridgehead atoms. The van der Waals surface area contributed by atoms with Crippen molar-refractivity contribution in [1.29, 1.82) is 0 Å². The highest BCUT2D eigenvalue weighted by Crippen LogP contribution is 2.31. The number of hydrogen-bond acceptors (Lipinski definition) is 3. The van der Waals surface area contributed by atoms with Gasteiger partial charge in [0.25, 0.3) is 0 Å². The molecule has 0 aliphatic heterocycles. The molecule has 1 N–H and O–H groups in total. The molecule has 0 amide bonds. The van der Waals surface area contributed by atoms with Crippen molar-refractivity contribution in [3.63, 3.8) is 0 Å². The standard InChI is InChI=1S/C15H24ClNOS/c1-12(2)10-17-11-13-6-4-7-14(16)15(13)19-9-5-8-18-3/h4,6-7,12,17H,5,8-11H2,1-3H3.